The summed E-state index contributed by atoms with van der Waals surface area (Å²) >= 11 is 0.963. The topological polar surface area (TPSA) is 106 Å². The quantitative estimate of drug-likeness (QED) is 0.109. The monoisotopic (exact) mass is 596 g/mol. The molecule has 0 bridgehead atoms. The minimum absolute atomic E-state index is 0.0704. The maximum Gasteiger partial charge on any atom is 0.350 e. The molecular weight excluding hydrogens is 564 g/mol. The molecule has 2 heterocycles. The number of ether oxygens (including phenoxy) is 2. The van der Waals surface area contributed by atoms with Crippen molar-refractivity contribution in [2.45, 2.75) is 45.8 Å². The molecule has 1 N–H and O–H groups in total. The molecule has 1 aromatic heterocycles. The van der Waals surface area contributed by atoms with E-state index in [1.165, 1.54) is 12.0 Å². The number of rotatable bonds is 7. The zero-order chi connectivity index (χ0) is 30.9. The van der Waals surface area contributed by atoms with Crippen LogP contribution in [0.5, 0.6) is 5.75 Å². The fraction of sp³-hybridized carbons (Fsp3) is 0.235. The first-order valence-electron chi connectivity index (χ1n) is 13.7. The average molecular weight is 597 g/mol. The van der Waals surface area contributed by atoms with Gasteiger partial charge in [-0.15, -0.1) is 0 Å². The molecule has 1 aliphatic heterocycles. The molecule has 1 amide bonds. The highest BCUT2D eigenvalue weighted by Crippen LogP contribution is 2.44. The summed E-state index contributed by atoms with van der Waals surface area (Å²) in [5.41, 5.74) is 3.24. The molecule has 1 saturated heterocycles. The van der Waals surface area contributed by atoms with Gasteiger partial charge < -0.3 is 14.6 Å². The standard InChI is InChI=1S/C34H32N2O6S/c1-20-30(32(40)41-5)43-33(35-20)36-27(22-11-15-24(16-12-22)34(2,3)4)26(29(38)31(36)39)28(37)23-13-17-25(18-14-23)42-19-21-9-7-6-8-10-21/h6-18,27,37H,19H2,1-5H3/b28-26+. The van der Waals surface area contributed by atoms with Crippen LogP contribution in [0, 0.1) is 6.92 Å². The second-order valence-corrected chi connectivity index (χ2v) is 12.2. The number of methoxy groups -OCH3 is 1. The Bertz CT molecular complexity index is 1700. The lowest BCUT2D eigenvalue weighted by Crippen LogP contribution is -2.29. The number of benzene rings is 3. The van der Waals surface area contributed by atoms with Gasteiger partial charge in [-0.3, -0.25) is 14.5 Å². The summed E-state index contributed by atoms with van der Waals surface area (Å²) in [7, 11) is 1.27. The van der Waals surface area contributed by atoms with Crippen molar-refractivity contribution >= 4 is 39.9 Å². The van der Waals surface area contributed by atoms with E-state index in [4.69, 9.17) is 9.47 Å². The fourth-order valence-corrected chi connectivity index (χ4v) is 5.90. The molecule has 1 atom stereocenters. The van der Waals surface area contributed by atoms with Gasteiger partial charge in [0.1, 0.15) is 23.0 Å². The average Bonchev–Trinajstić information content (AvgIpc) is 3.51. The summed E-state index contributed by atoms with van der Waals surface area (Å²) in [5.74, 6) is -2.01. The molecule has 1 unspecified atom stereocenters. The highest BCUT2D eigenvalue weighted by atomic mass is 32.1. The van der Waals surface area contributed by atoms with Gasteiger partial charge in [0.2, 0.25) is 0 Å². The van der Waals surface area contributed by atoms with E-state index in [0.717, 1.165) is 22.5 Å². The lowest BCUT2D eigenvalue weighted by molar-refractivity contribution is -0.132. The van der Waals surface area contributed by atoms with Crippen molar-refractivity contribution in [2.75, 3.05) is 12.0 Å². The van der Waals surface area contributed by atoms with Crippen LogP contribution in [0.4, 0.5) is 5.13 Å². The summed E-state index contributed by atoms with van der Waals surface area (Å²) in [6, 6.07) is 23.0. The third kappa shape index (κ3) is 5.94. The molecule has 220 valence electrons. The zero-order valence-corrected chi connectivity index (χ0v) is 25.4. The summed E-state index contributed by atoms with van der Waals surface area (Å²) in [6.45, 7) is 8.29. The Balaban J connectivity index is 1.56. The van der Waals surface area contributed by atoms with Crippen molar-refractivity contribution in [3.63, 3.8) is 0 Å². The van der Waals surface area contributed by atoms with Gasteiger partial charge in [0.15, 0.2) is 5.13 Å². The molecule has 1 aliphatic rings. The Labute approximate surface area is 254 Å². The maximum absolute atomic E-state index is 13.6. The van der Waals surface area contributed by atoms with Crippen LogP contribution in [0.15, 0.2) is 84.4 Å². The Hall–Kier alpha value is -4.76. The molecule has 4 aromatic rings. The van der Waals surface area contributed by atoms with Crippen LogP contribution in [0.1, 0.15) is 64.4 Å². The van der Waals surface area contributed by atoms with Gasteiger partial charge >= 0.3 is 11.9 Å². The number of carbonyl (C=O) groups is 3. The van der Waals surface area contributed by atoms with Crippen LogP contribution >= 0.6 is 11.3 Å². The van der Waals surface area contributed by atoms with Gasteiger partial charge in [0.25, 0.3) is 5.78 Å². The van der Waals surface area contributed by atoms with E-state index in [1.54, 1.807) is 31.2 Å². The molecular formula is C34H32N2O6S. The van der Waals surface area contributed by atoms with Gasteiger partial charge in [-0.05, 0) is 53.3 Å². The lowest BCUT2D eigenvalue weighted by Gasteiger charge is -2.24. The smallest absolute Gasteiger partial charge is 0.350 e. The molecule has 0 radical (unpaired) electrons. The summed E-state index contributed by atoms with van der Waals surface area (Å²) in [5, 5.41) is 11.7. The van der Waals surface area contributed by atoms with E-state index in [1.807, 2.05) is 54.6 Å². The number of esters is 1. The fourth-order valence-electron chi connectivity index (χ4n) is 4.88. The number of carbonyl (C=O) groups excluding carboxylic acids is 3. The molecule has 0 saturated carbocycles. The summed E-state index contributed by atoms with van der Waals surface area (Å²) < 4.78 is 10.7. The molecule has 1 fully saturated rings. The number of aryl methyl sites for hydroxylation is 1. The van der Waals surface area contributed by atoms with Crippen LogP contribution in [0.25, 0.3) is 5.76 Å². The van der Waals surface area contributed by atoms with Crippen LogP contribution in [0.3, 0.4) is 0 Å². The van der Waals surface area contributed by atoms with Crippen molar-refractivity contribution in [1.82, 2.24) is 4.98 Å². The predicted molar refractivity (Wildman–Crippen MR) is 165 cm³/mol. The summed E-state index contributed by atoms with van der Waals surface area (Å²) in [6.07, 6.45) is 0. The third-order valence-corrected chi connectivity index (χ3v) is 8.41. The second-order valence-electron chi connectivity index (χ2n) is 11.2. The Morgan fingerprint density at radius 2 is 1.63 bits per heavy atom. The number of aliphatic hydroxyl groups is 1. The Morgan fingerprint density at radius 1 is 0.977 bits per heavy atom. The number of amides is 1. The largest absolute Gasteiger partial charge is 0.507 e. The van der Waals surface area contributed by atoms with E-state index in [0.29, 0.717) is 29.2 Å². The lowest BCUT2D eigenvalue weighted by atomic mass is 9.85. The van der Waals surface area contributed by atoms with E-state index in [-0.39, 0.29) is 26.8 Å². The number of aliphatic hydroxyl groups excluding tert-OH is 1. The van der Waals surface area contributed by atoms with E-state index >= 15 is 0 Å². The molecule has 5 rings (SSSR count). The second kappa shape index (κ2) is 11.9. The number of anilines is 1. The van der Waals surface area contributed by atoms with E-state index < -0.39 is 23.7 Å². The highest BCUT2D eigenvalue weighted by Gasteiger charge is 2.48. The Kier molecular flexibility index (Phi) is 8.19. The first kappa shape index (κ1) is 29.7. The van der Waals surface area contributed by atoms with Crippen LogP contribution in [-0.2, 0) is 26.3 Å². The Morgan fingerprint density at radius 3 is 2.23 bits per heavy atom. The number of thiazole rings is 1. The van der Waals surface area contributed by atoms with Crippen molar-refractivity contribution < 1.29 is 29.0 Å². The molecule has 0 aliphatic carbocycles. The third-order valence-electron chi connectivity index (χ3n) is 7.28. The minimum atomic E-state index is -0.973. The first-order valence-corrected chi connectivity index (χ1v) is 14.6. The normalized spacial score (nSPS) is 16.4. The number of Topliss-reactive ketones (excluding diaryl/α,β-unsaturated/α-hetero) is 1. The predicted octanol–water partition coefficient (Wildman–Crippen LogP) is 6.74. The van der Waals surface area contributed by atoms with Crippen molar-refractivity contribution in [2.24, 2.45) is 0 Å². The van der Waals surface area contributed by atoms with E-state index in [2.05, 4.69) is 25.8 Å². The molecule has 9 heteroatoms. The van der Waals surface area contributed by atoms with Crippen LogP contribution in [-0.4, -0.2) is 34.9 Å². The molecule has 8 nitrogen and oxygen atoms in total. The molecule has 0 spiro atoms. The number of hydrogen-bond acceptors (Lipinski definition) is 8. The minimum Gasteiger partial charge on any atom is -0.507 e. The highest BCUT2D eigenvalue weighted by molar-refractivity contribution is 7.17. The SMILES string of the molecule is COC(=O)c1sc(N2C(=O)C(=O)/C(=C(/O)c3ccc(OCc4ccccc4)cc3)C2c2ccc(C(C)(C)C)cc2)nc1C. The van der Waals surface area contributed by atoms with Gasteiger partial charge in [0, 0.05) is 5.56 Å². The van der Waals surface area contributed by atoms with Crippen molar-refractivity contribution in [3.05, 3.63) is 117 Å². The summed E-state index contributed by atoms with van der Waals surface area (Å²) in [4.78, 5) is 45.4. The number of nitrogens with zero attached hydrogens (tertiary/aromatic N) is 2. The van der Waals surface area contributed by atoms with Gasteiger partial charge in [-0.2, -0.15) is 0 Å². The van der Waals surface area contributed by atoms with Gasteiger partial charge in [-0.1, -0.05) is 86.7 Å². The first-order chi connectivity index (χ1) is 20.5. The van der Waals surface area contributed by atoms with Crippen molar-refractivity contribution in [3.8, 4) is 5.75 Å². The van der Waals surface area contributed by atoms with Crippen LogP contribution < -0.4 is 9.64 Å². The van der Waals surface area contributed by atoms with Crippen molar-refractivity contribution in [1.29, 1.82) is 0 Å². The van der Waals surface area contributed by atoms with Gasteiger partial charge in [-0.25, -0.2) is 9.78 Å². The van der Waals surface area contributed by atoms with Crippen LogP contribution in [0.2, 0.25) is 0 Å². The van der Waals surface area contributed by atoms with E-state index in [9.17, 15) is 19.5 Å². The van der Waals surface area contributed by atoms with Gasteiger partial charge in [0.05, 0.1) is 24.4 Å². The number of ketones is 1. The molecule has 43 heavy (non-hydrogen) atoms. The number of aromatic nitrogens is 1. The molecule has 3 aromatic carbocycles. The maximum atomic E-state index is 13.6. The zero-order valence-electron chi connectivity index (χ0n) is 24.6. The number of hydrogen-bond donors (Lipinski definition) is 1.